The summed E-state index contributed by atoms with van der Waals surface area (Å²) in [6.45, 7) is 8.08. The first-order valence-electron chi connectivity index (χ1n) is 11.3. The Morgan fingerprint density at radius 1 is 0.808 bits per heavy atom. The van der Waals surface area contributed by atoms with Crippen LogP contribution in [0.1, 0.15) is 97.3 Å². The molecule has 0 amide bonds. The van der Waals surface area contributed by atoms with E-state index in [0.29, 0.717) is 19.8 Å². The Bertz CT molecular complexity index is 279. The molecule has 2 unspecified atom stereocenters. The van der Waals surface area contributed by atoms with Gasteiger partial charge in [-0.3, -0.25) is 0 Å². The van der Waals surface area contributed by atoms with E-state index in [9.17, 15) is 0 Å². The van der Waals surface area contributed by atoms with Crippen LogP contribution in [0.3, 0.4) is 0 Å². The second-order valence-electron chi connectivity index (χ2n) is 7.48. The normalized spacial score (nSPS) is 18.9. The third kappa shape index (κ3) is 14.0. The first kappa shape index (κ1) is 23.9. The Morgan fingerprint density at radius 2 is 1.50 bits per heavy atom. The number of rotatable bonds is 18. The van der Waals surface area contributed by atoms with Gasteiger partial charge in [0.15, 0.2) is 6.29 Å². The lowest BCUT2D eigenvalue weighted by atomic mass is 10.1. The Kier molecular flexibility index (Phi) is 16.7. The largest absolute Gasteiger partial charge is 0.379 e. The van der Waals surface area contributed by atoms with Gasteiger partial charge in [0.05, 0.1) is 25.9 Å². The third-order valence-corrected chi connectivity index (χ3v) is 5.01. The number of ether oxygens (including phenoxy) is 4. The summed E-state index contributed by atoms with van der Waals surface area (Å²) in [7, 11) is 0. The fraction of sp³-hybridized carbons (Fsp3) is 1.00. The van der Waals surface area contributed by atoms with E-state index in [1.807, 2.05) is 0 Å². The smallest absolute Gasteiger partial charge is 0.158 e. The molecule has 1 saturated heterocycles. The summed E-state index contributed by atoms with van der Waals surface area (Å²) in [6.07, 6.45) is 16.6. The molecule has 0 radical (unpaired) electrons. The van der Waals surface area contributed by atoms with Crippen molar-refractivity contribution >= 4 is 0 Å². The average molecular weight is 373 g/mol. The highest BCUT2D eigenvalue weighted by atomic mass is 16.7. The van der Waals surface area contributed by atoms with E-state index in [0.717, 1.165) is 32.5 Å². The van der Waals surface area contributed by atoms with Crippen LogP contribution in [0.5, 0.6) is 0 Å². The molecule has 0 aromatic rings. The highest BCUT2D eigenvalue weighted by Crippen LogP contribution is 2.16. The van der Waals surface area contributed by atoms with E-state index in [4.69, 9.17) is 18.9 Å². The van der Waals surface area contributed by atoms with Crippen molar-refractivity contribution in [2.75, 3.05) is 33.0 Å². The molecule has 0 bridgehead atoms. The van der Waals surface area contributed by atoms with Crippen LogP contribution in [0.15, 0.2) is 0 Å². The van der Waals surface area contributed by atoms with Crippen LogP contribution < -0.4 is 0 Å². The van der Waals surface area contributed by atoms with Crippen LogP contribution in [-0.2, 0) is 18.9 Å². The van der Waals surface area contributed by atoms with Crippen LogP contribution in [0.2, 0.25) is 0 Å². The molecule has 1 fully saturated rings. The van der Waals surface area contributed by atoms with Crippen molar-refractivity contribution in [3.05, 3.63) is 0 Å². The van der Waals surface area contributed by atoms with E-state index in [-0.39, 0.29) is 12.4 Å². The highest BCUT2D eigenvalue weighted by Gasteiger charge is 2.18. The zero-order valence-corrected chi connectivity index (χ0v) is 17.5. The fourth-order valence-electron chi connectivity index (χ4n) is 3.24. The minimum atomic E-state index is -0.0276. The molecule has 0 N–H and O–H groups in total. The van der Waals surface area contributed by atoms with E-state index in [1.54, 1.807) is 0 Å². The molecular weight excluding hydrogens is 328 g/mol. The van der Waals surface area contributed by atoms with Crippen molar-refractivity contribution in [3.63, 3.8) is 0 Å². The number of hydrogen-bond acceptors (Lipinski definition) is 4. The average Bonchev–Trinajstić information content (AvgIpc) is 2.68. The quantitative estimate of drug-likeness (QED) is 0.282. The van der Waals surface area contributed by atoms with Gasteiger partial charge < -0.3 is 18.9 Å². The predicted octanol–water partition coefficient (Wildman–Crippen LogP) is 5.87. The second-order valence-corrected chi connectivity index (χ2v) is 7.48. The molecular formula is C22H44O4. The maximum Gasteiger partial charge on any atom is 0.158 e. The van der Waals surface area contributed by atoms with Gasteiger partial charge >= 0.3 is 0 Å². The maximum atomic E-state index is 5.97. The lowest BCUT2D eigenvalue weighted by Gasteiger charge is -2.27. The van der Waals surface area contributed by atoms with Crippen molar-refractivity contribution in [3.8, 4) is 0 Å². The van der Waals surface area contributed by atoms with Gasteiger partial charge in [0.25, 0.3) is 0 Å². The van der Waals surface area contributed by atoms with Gasteiger partial charge in [-0.1, -0.05) is 65.2 Å². The molecule has 156 valence electrons. The zero-order valence-electron chi connectivity index (χ0n) is 17.5. The Balaban J connectivity index is 1.80. The first-order chi connectivity index (χ1) is 12.9. The van der Waals surface area contributed by atoms with Gasteiger partial charge in [-0.2, -0.15) is 0 Å². The molecule has 26 heavy (non-hydrogen) atoms. The molecule has 1 heterocycles. The van der Waals surface area contributed by atoms with Crippen molar-refractivity contribution in [1.82, 2.24) is 0 Å². The lowest BCUT2D eigenvalue weighted by molar-refractivity contribution is -0.198. The Hall–Kier alpha value is -0.160. The van der Waals surface area contributed by atoms with Crippen LogP contribution in [-0.4, -0.2) is 45.4 Å². The standard InChI is InChI=1S/C22H44O4/c1-3-5-6-7-8-9-10-11-13-16-23-18-19-24-20-21(4-2)26-22-15-12-14-17-25-22/h21-22H,3-20H2,1-2H3. The molecule has 0 spiro atoms. The molecule has 1 aliphatic heterocycles. The van der Waals surface area contributed by atoms with Gasteiger partial charge in [0, 0.05) is 13.2 Å². The Labute approximate surface area is 162 Å². The molecule has 2 atom stereocenters. The van der Waals surface area contributed by atoms with Gasteiger partial charge in [0.2, 0.25) is 0 Å². The third-order valence-electron chi connectivity index (χ3n) is 5.01. The highest BCUT2D eigenvalue weighted by molar-refractivity contribution is 4.60. The SMILES string of the molecule is CCCCCCCCCCCOCCOCC(CC)OC1CCCCO1. The van der Waals surface area contributed by atoms with Crippen LogP contribution in [0.25, 0.3) is 0 Å². The van der Waals surface area contributed by atoms with Crippen LogP contribution in [0.4, 0.5) is 0 Å². The second kappa shape index (κ2) is 18.2. The molecule has 0 aromatic carbocycles. The topological polar surface area (TPSA) is 36.9 Å². The molecule has 0 saturated carbocycles. The maximum absolute atomic E-state index is 5.97. The summed E-state index contributed by atoms with van der Waals surface area (Å²) >= 11 is 0. The van der Waals surface area contributed by atoms with E-state index >= 15 is 0 Å². The van der Waals surface area contributed by atoms with Crippen molar-refractivity contribution in [2.45, 2.75) is 110 Å². The van der Waals surface area contributed by atoms with Crippen molar-refractivity contribution in [2.24, 2.45) is 0 Å². The molecule has 4 nitrogen and oxygen atoms in total. The molecule has 1 rings (SSSR count). The van der Waals surface area contributed by atoms with Crippen molar-refractivity contribution in [1.29, 1.82) is 0 Å². The van der Waals surface area contributed by atoms with Crippen LogP contribution in [0, 0.1) is 0 Å². The Morgan fingerprint density at radius 3 is 2.15 bits per heavy atom. The first-order valence-corrected chi connectivity index (χ1v) is 11.3. The monoisotopic (exact) mass is 372 g/mol. The van der Waals surface area contributed by atoms with Gasteiger partial charge in [0.1, 0.15) is 0 Å². The lowest BCUT2D eigenvalue weighted by Crippen LogP contribution is -2.30. The van der Waals surface area contributed by atoms with E-state index in [1.165, 1.54) is 64.2 Å². The number of hydrogen-bond donors (Lipinski definition) is 0. The van der Waals surface area contributed by atoms with Gasteiger partial charge in [-0.05, 0) is 32.1 Å². The predicted molar refractivity (Wildman–Crippen MR) is 108 cm³/mol. The minimum absolute atomic E-state index is 0.0276. The van der Waals surface area contributed by atoms with Gasteiger partial charge in [-0.25, -0.2) is 0 Å². The van der Waals surface area contributed by atoms with E-state index < -0.39 is 0 Å². The number of unbranched alkanes of at least 4 members (excludes halogenated alkanes) is 8. The zero-order chi connectivity index (χ0) is 18.7. The molecule has 0 aromatic heterocycles. The molecule has 0 aliphatic carbocycles. The molecule has 4 heteroatoms. The summed E-state index contributed by atoms with van der Waals surface area (Å²) < 4.78 is 23.0. The van der Waals surface area contributed by atoms with Gasteiger partial charge in [-0.15, -0.1) is 0 Å². The summed E-state index contributed by atoms with van der Waals surface area (Å²) in [4.78, 5) is 0. The van der Waals surface area contributed by atoms with Crippen molar-refractivity contribution < 1.29 is 18.9 Å². The fourth-order valence-corrected chi connectivity index (χ4v) is 3.24. The van der Waals surface area contributed by atoms with E-state index in [2.05, 4.69) is 13.8 Å². The summed E-state index contributed by atoms with van der Waals surface area (Å²) in [5.74, 6) is 0. The summed E-state index contributed by atoms with van der Waals surface area (Å²) in [5.41, 5.74) is 0. The van der Waals surface area contributed by atoms with Crippen LogP contribution >= 0.6 is 0 Å². The summed E-state index contributed by atoms with van der Waals surface area (Å²) in [5, 5.41) is 0. The summed E-state index contributed by atoms with van der Waals surface area (Å²) in [6, 6.07) is 0. The minimum Gasteiger partial charge on any atom is -0.379 e. The molecule has 1 aliphatic rings.